The fraction of sp³-hybridized carbons (Fsp3) is 0.105. The van der Waals surface area contributed by atoms with E-state index in [1.54, 1.807) is 48.5 Å². The normalized spacial score (nSPS) is 11.8. The van der Waals surface area contributed by atoms with Gasteiger partial charge in [0.2, 0.25) is 0 Å². The van der Waals surface area contributed by atoms with Crippen LogP contribution >= 0.6 is 22.9 Å². The van der Waals surface area contributed by atoms with Gasteiger partial charge in [-0.3, -0.25) is 4.79 Å². The number of carbonyl (C=O) groups excluding carboxylic acids is 1. The number of hydrogen-bond acceptors (Lipinski definition) is 4. The maximum absolute atomic E-state index is 12.4. The van der Waals surface area contributed by atoms with Gasteiger partial charge in [-0.15, -0.1) is 11.3 Å². The largest absolute Gasteiger partial charge is 0.479 e. The third-order valence-electron chi connectivity index (χ3n) is 3.74. The van der Waals surface area contributed by atoms with E-state index in [-0.39, 0.29) is 0 Å². The number of nitrogens with zero attached hydrogens (tertiary/aromatic N) is 1. The molecule has 1 heterocycles. The van der Waals surface area contributed by atoms with Gasteiger partial charge in [0.15, 0.2) is 6.04 Å². The number of aliphatic carboxylic acids is 1. The summed E-state index contributed by atoms with van der Waals surface area (Å²) < 4.78 is 0. The molecule has 0 radical (unpaired) electrons. The topological polar surface area (TPSA) is 79.3 Å². The van der Waals surface area contributed by atoms with E-state index in [1.165, 1.54) is 11.3 Å². The molecular formula is C19H15ClN2O3S. The number of rotatable bonds is 5. The Kier molecular flexibility index (Phi) is 5.35. The lowest BCUT2D eigenvalue weighted by Gasteiger charge is -2.15. The first kappa shape index (κ1) is 18.1. The molecule has 1 unspecified atom stereocenters. The SMILES string of the molecule is Cc1csc(-c2ccc(C(=O)NC(C(=O)O)c3ccc(Cl)cc3)cc2)n1. The molecular weight excluding hydrogens is 372 g/mol. The van der Waals surface area contributed by atoms with Crippen molar-refractivity contribution in [3.63, 3.8) is 0 Å². The highest BCUT2D eigenvalue weighted by Crippen LogP contribution is 2.24. The Labute approximate surface area is 159 Å². The van der Waals surface area contributed by atoms with Crippen LogP contribution in [0.3, 0.4) is 0 Å². The van der Waals surface area contributed by atoms with Crippen molar-refractivity contribution in [3.05, 3.63) is 75.8 Å². The molecule has 0 fully saturated rings. The molecule has 7 heteroatoms. The van der Waals surface area contributed by atoms with Gasteiger partial charge in [-0.1, -0.05) is 35.9 Å². The molecule has 0 bridgehead atoms. The van der Waals surface area contributed by atoms with Gasteiger partial charge in [-0.05, 0) is 36.8 Å². The molecule has 3 rings (SSSR count). The molecule has 1 amide bonds. The van der Waals surface area contributed by atoms with Crippen LogP contribution in [0.1, 0.15) is 27.7 Å². The van der Waals surface area contributed by atoms with Gasteiger partial charge in [-0.25, -0.2) is 9.78 Å². The van der Waals surface area contributed by atoms with Crippen LogP contribution in [0.15, 0.2) is 53.9 Å². The number of benzene rings is 2. The standard InChI is InChI=1S/C19H15ClN2O3S/c1-11-10-26-18(21-11)14-4-2-13(3-5-14)17(23)22-16(19(24)25)12-6-8-15(20)9-7-12/h2-10,16H,1H3,(H,22,23)(H,24,25). The molecule has 0 aliphatic carbocycles. The van der Waals surface area contributed by atoms with E-state index in [0.29, 0.717) is 16.1 Å². The average molecular weight is 387 g/mol. The zero-order valence-electron chi connectivity index (χ0n) is 13.8. The quantitative estimate of drug-likeness (QED) is 0.684. The van der Waals surface area contributed by atoms with E-state index in [4.69, 9.17) is 11.6 Å². The molecule has 0 spiro atoms. The third kappa shape index (κ3) is 4.09. The second-order valence-corrected chi connectivity index (χ2v) is 6.96. The Bertz CT molecular complexity index is 936. The van der Waals surface area contributed by atoms with Gasteiger partial charge < -0.3 is 10.4 Å². The summed E-state index contributed by atoms with van der Waals surface area (Å²) >= 11 is 7.36. The zero-order chi connectivity index (χ0) is 18.7. The fourth-order valence-corrected chi connectivity index (χ4v) is 3.34. The molecule has 3 aromatic rings. The highest BCUT2D eigenvalue weighted by molar-refractivity contribution is 7.13. The van der Waals surface area contributed by atoms with Crippen molar-refractivity contribution in [1.29, 1.82) is 0 Å². The second kappa shape index (κ2) is 7.68. The summed E-state index contributed by atoms with van der Waals surface area (Å²) in [6.45, 7) is 1.92. The summed E-state index contributed by atoms with van der Waals surface area (Å²) in [5, 5.41) is 15.3. The van der Waals surface area contributed by atoms with Crippen molar-refractivity contribution >= 4 is 34.8 Å². The Hall–Kier alpha value is -2.70. The van der Waals surface area contributed by atoms with E-state index in [1.807, 2.05) is 12.3 Å². The Morgan fingerprint density at radius 1 is 1.12 bits per heavy atom. The van der Waals surface area contributed by atoms with Crippen LogP contribution in [0, 0.1) is 6.92 Å². The Morgan fingerprint density at radius 3 is 2.31 bits per heavy atom. The molecule has 0 saturated heterocycles. The number of amides is 1. The maximum Gasteiger partial charge on any atom is 0.330 e. The van der Waals surface area contributed by atoms with Crippen molar-refractivity contribution in [1.82, 2.24) is 10.3 Å². The molecule has 1 atom stereocenters. The van der Waals surface area contributed by atoms with Gasteiger partial charge >= 0.3 is 5.97 Å². The molecule has 0 aliphatic heterocycles. The number of halogens is 1. The molecule has 0 aliphatic rings. The maximum atomic E-state index is 12.4. The van der Waals surface area contributed by atoms with Crippen molar-refractivity contribution in [2.45, 2.75) is 13.0 Å². The predicted octanol–water partition coefficient (Wildman–Crippen LogP) is 4.33. The van der Waals surface area contributed by atoms with Gasteiger partial charge in [0.25, 0.3) is 5.91 Å². The summed E-state index contributed by atoms with van der Waals surface area (Å²) in [6.07, 6.45) is 0. The molecule has 132 valence electrons. The highest BCUT2D eigenvalue weighted by Gasteiger charge is 2.22. The number of thiazole rings is 1. The average Bonchev–Trinajstić information content (AvgIpc) is 3.07. The van der Waals surface area contributed by atoms with Gasteiger partial charge in [-0.2, -0.15) is 0 Å². The summed E-state index contributed by atoms with van der Waals surface area (Å²) in [7, 11) is 0. The molecule has 0 saturated carbocycles. The second-order valence-electron chi connectivity index (χ2n) is 5.67. The highest BCUT2D eigenvalue weighted by atomic mass is 35.5. The van der Waals surface area contributed by atoms with Crippen LogP contribution < -0.4 is 5.32 Å². The number of aryl methyl sites for hydroxylation is 1. The Balaban J connectivity index is 1.77. The van der Waals surface area contributed by atoms with Crippen LogP contribution in [0.4, 0.5) is 0 Å². The lowest BCUT2D eigenvalue weighted by Crippen LogP contribution is -2.33. The van der Waals surface area contributed by atoms with Crippen LogP contribution in [-0.4, -0.2) is 22.0 Å². The minimum absolute atomic E-state index is 0.377. The van der Waals surface area contributed by atoms with Gasteiger partial charge in [0.1, 0.15) is 5.01 Å². The number of hydrogen-bond donors (Lipinski definition) is 2. The molecule has 1 aromatic heterocycles. The molecule has 2 N–H and O–H groups in total. The van der Waals surface area contributed by atoms with Crippen LogP contribution in [-0.2, 0) is 4.79 Å². The number of nitrogens with one attached hydrogen (secondary N) is 1. The minimum Gasteiger partial charge on any atom is -0.479 e. The smallest absolute Gasteiger partial charge is 0.330 e. The number of carboxylic acid groups (broad SMARTS) is 1. The van der Waals surface area contributed by atoms with Crippen LogP contribution in [0.25, 0.3) is 10.6 Å². The Morgan fingerprint density at radius 2 is 1.77 bits per heavy atom. The first-order valence-corrected chi connectivity index (χ1v) is 9.01. The molecule has 26 heavy (non-hydrogen) atoms. The number of carboxylic acids is 1. The molecule has 2 aromatic carbocycles. The van der Waals surface area contributed by atoms with Crippen LogP contribution in [0.5, 0.6) is 0 Å². The van der Waals surface area contributed by atoms with E-state index in [9.17, 15) is 14.7 Å². The molecule has 5 nitrogen and oxygen atoms in total. The summed E-state index contributed by atoms with van der Waals surface area (Å²) in [6, 6.07) is 12.1. The van der Waals surface area contributed by atoms with Crippen molar-refractivity contribution in [2.24, 2.45) is 0 Å². The fourth-order valence-electron chi connectivity index (χ4n) is 2.41. The van der Waals surface area contributed by atoms with E-state index >= 15 is 0 Å². The number of aromatic nitrogens is 1. The van der Waals surface area contributed by atoms with Crippen LogP contribution in [0.2, 0.25) is 5.02 Å². The number of carbonyl (C=O) groups is 2. The van der Waals surface area contributed by atoms with Crippen molar-refractivity contribution < 1.29 is 14.7 Å². The van der Waals surface area contributed by atoms with E-state index < -0.39 is 17.9 Å². The lowest BCUT2D eigenvalue weighted by atomic mass is 10.1. The summed E-state index contributed by atoms with van der Waals surface area (Å²) in [5.41, 5.74) is 2.68. The summed E-state index contributed by atoms with van der Waals surface area (Å²) in [5.74, 6) is -1.61. The summed E-state index contributed by atoms with van der Waals surface area (Å²) in [4.78, 5) is 28.4. The first-order chi connectivity index (χ1) is 12.4. The van der Waals surface area contributed by atoms with Gasteiger partial charge in [0.05, 0.1) is 0 Å². The lowest BCUT2D eigenvalue weighted by molar-refractivity contribution is -0.139. The van der Waals surface area contributed by atoms with E-state index in [0.717, 1.165) is 16.3 Å². The zero-order valence-corrected chi connectivity index (χ0v) is 15.3. The van der Waals surface area contributed by atoms with Gasteiger partial charge in [0, 0.05) is 27.2 Å². The third-order valence-corrected chi connectivity index (χ3v) is 5.00. The van der Waals surface area contributed by atoms with Crippen molar-refractivity contribution in [3.8, 4) is 10.6 Å². The predicted molar refractivity (Wildman–Crippen MR) is 102 cm³/mol. The minimum atomic E-state index is -1.15. The van der Waals surface area contributed by atoms with E-state index in [2.05, 4.69) is 10.3 Å². The van der Waals surface area contributed by atoms with Crippen molar-refractivity contribution in [2.75, 3.05) is 0 Å². The monoisotopic (exact) mass is 386 g/mol. The first-order valence-electron chi connectivity index (χ1n) is 7.76.